The van der Waals surface area contributed by atoms with E-state index in [2.05, 4.69) is 26.7 Å². The van der Waals surface area contributed by atoms with Gasteiger partial charge in [0.15, 0.2) is 0 Å². The van der Waals surface area contributed by atoms with Crippen molar-refractivity contribution in [1.82, 2.24) is 0 Å². The molecule has 0 saturated carbocycles. The predicted molar refractivity (Wildman–Crippen MR) is 47.9 cm³/mol. The molecule has 10 heavy (non-hydrogen) atoms. The van der Waals surface area contributed by atoms with Crippen molar-refractivity contribution in [2.24, 2.45) is 0 Å². The third-order valence-corrected chi connectivity index (χ3v) is 1.25. The van der Waals surface area contributed by atoms with Gasteiger partial charge in [0, 0.05) is 0 Å². The van der Waals surface area contributed by atoms with Crippen LogP contribution in [-0.4, -0.2) is 0 Å². The summed E-state index contributed by atoms with van der Waals surface area (Å²) in [5.74, 6) is 0. The van der Waals surface area contributed by atoms with Gasteiger partial charge in [-0.2, -0.15) is 0 Å². The van der Waals surface area contributed by atoms with Crippen molar-refractivity contribution >= 4 is 0 Å². The molecule has 0 rings (SSSR count). The van der Waals surface area contributed by atoms with Crippen LogP contribution in [0.2, 0.25) is 0 Å². The first-order valence-corrected chi connectivity index (χ1v) is 3.38. The lowest BCUT2D eigenvalue weighted by Gasteiger charge is -1.90. The van der Waals surface area contributed by atoms with Gasteiger partial charge >= 0.3 is 0 Å². The molecule has 0 unspecified atom stereocenters. The molecule has 0 radical (unpaired) electrons. The minimum Gasteiger partial charge on any atom is -0.0985 e. The van der Waals surface area contributed by atoms with E-state index in [1.165, 1.54) is 0 Å². The lowest BCUT2D eigenvalue weighted by Crippen LogP contribution is -1.70. The normalized spacial score (nSPS) is 9.70. The summed E-state index contributed by atoms with van der Waals surface area (Å²) in [7, 11) is 0. The van der Waals surface area contributed by atoms with E-state index in [4.69, 9.17) is 0 Å². The smallest absolute Gasteiger partial charge is 0.0313 e. The molecule has 0 aromatic rings. The van der Waals surface area contributed by atoms with Crippen LogP contribution in [-0.2, 0) is 0 Å². The van der Waals surface area contributed by atoms with E-state index in [0.29, 0.717) is 0 Å². The highest BCUT2D eigenvalue weighted by atomic mass is 13.9. The molecular weight excluding hydrogens is 120 g/mol. The van der Waals surface area contributed by atoms with Crippen LogP contribution < -0.4 is 0 Å². The fraction of sp³-hybridized carbons (Fsp3) is 0.200. The van der Waals surface area contributed by atoms with Gasteiger partial charge in [0.2, 0.25) is 0 Å². The maximum atomic E-state index is 3.82. The molecule has 0 heterocycles. The van der Waals surface area contributed by atoms with E-state index >= 15 is 0 Å². The van der Waals surface area contributed by atoms with Gasteiger partial charge in [0.25, 0.3) is 0 Å². The highest BCUT2D eigenvalue weighted by Crippen LogP contribution is 2.01. The summed E-state index contributed by atoms with van der Waals surface area (Å²) in [5, 5.41) is 0. The molecule has 0 aromatic heterocycles. The third kappa shape index (κ3) is 3.90. The molecule has 0 aromatic carbocycles. The Labute approximate surface area is 63.3 Å². The van der Waals surface area contributed by atoms with Gasteiger partial charge in [-0.25, -0.2) is 0 Å². The summed E-state index contributed by atoms with van der Waals surface area (Å²) in [5.41, 5.74) is 2.04. The van der Waals surface area contributed by atoms with E-state index in [1.54, 1.807) is 6.08 Å². The highest BCUT2D eigenvalue weighted by Gasteiger charge is 1.80. The summed E-state index contributed by atoms with van der Waals surface area (Å²) < 4.78 is 0. The Kier molecular flexibility index (Phi) is 4.30. The van der Waals surface area contributed by atoms with Crippen LogP contribution in [0.5, 0.6) is 0 Å². The SMILES string of the molecule is C=CC(=C)/C=C\C(=C)CC. The Hall–Kier alpha value is -1.04. The summed E-state index contributed by atoms with van der Waals surface area (Å²) in [4.78, 5) is 0. The van der Waals surface area contributed by atoms with E-state index in [1.807, 2.05) is 12.2 Å². The zero-order chi connectivity index (χ0) is 7.98. The Morgan fingerprint density at radius 2 is 1.90 bits per heavy atom. The van der Waals surface area contributed by atoms with Crippen LogP contribution >= 0.6 is 0 Å². The Morgan fingerprint density at radius 1 is 1.30 bits per heavy atom. The van der Waals surface area contributed by atoms with E-state index < -0.39 is 0 Å². The van der Waals surface area contributed by atoms with Crippen molar-refractivity contribution in [2.75, 3.05) is 0 Å². The Morgan fingerprint density at radius 3 is 2.30 bits per heavy atom. The first-order valence-electron chi connectivity index (χ1n) is 3.38. The molecule has 0 atom stereocenters. The monoisotopic (exact) mass is 134 g/mol. The Balaban J connectivity index is 3.87. The lowest BCUT2D eigenvalue weighted by molar-refractivity contribution is 1.16. The van der Waals surface area contributed by atoms with Gasteiger partial charge in [-0.05, 0) is 12.0 Å². The van der Waals surface area contributed by atoms with Gasteiger partial charge in [0.05, 0.1) is 0 Å². The van der Waals surface area contributed by atoms with Crippen LogP contribution in [0.4, 0.5) is 0 Å². The van der Waals surface area contributed by atoms with Crippen LogP contribution in [0.15, 0.2) is 49.1 Å². The molecule has 0 fully saturated rings. The van der Waals surface area contributed by atoms with Crippen LogP contribution in [0.1, 0.15) is 13.3 Å². The van der Waals surface area contributed by atoms with E-state index in [9.17, 15) is 0 Å². The third-order valence-electron chi connectivity index (χ3n) is 1.25. The zero-order valence-electron chi connectivity index (χ0n) is 6.56. The first kappa shape index (κ1) is 8.96. The van der Waals surface area contributed by atoms with Gasteiger partial charge in [-0.3, -0.25) is 0 Å². The summed E-state index contributed by atoms with van der Waals surface area (Å²) in [6.45, 7) is 13.2. The standard InChI is InChI=1S/C10H14/c1-5-9(3)7-8-10(4)6-2/h5,7-8H,1,3-4,6H2,2H3/b8-7-. The number of allylic oxidation sites excluding steroid dienone is 5. The van der Waals surface area contributed by atoms with Gasteiger partial charge in [-0.15, -0.1) is 0 Å². The second kappa shape index (κ2) is 4.80. The average Bonchev–Trinajstić information content (AvgIpc) is 1.99. The number of rotatable bonds is 4. The lowest BCUT2D eigenvalue weighted by atomic mass is 10.2. The highest BCUT2D eigenvalue weighted by molar-refractivity contribution is 5.30. The predicted octanol–water partition coefficient (Wildman–Crippen LogP) is 3.25. The zero-order valence-corrected chi connectivity index (χ0v) is 6.56. The molecular formula is C10H14. The minimum atomic E-state index is 0.926. The maximum absolute atomic E-state index is 3.82. The van der Waals surface area contributed by atoms with Gasteiger partial charge < -0.3 is 0 Å². The van der Waals surface area contributed by atoms with E-state index in [-0.39, 0.29) is 0 Å². The fourth-order valence-electron chi connectivity index (χ4n) is 0.411. The second-order valence-corrected chi connectivity index (χ2v) is 2.12. The van der Waals surface area contributed by atoms with Crippen LogP contribution in [0.3, 0.4) is 0 Å². The molecule has 0 aliphatic carbocycles. The van der Waals surface area contributed by atoms with Crippen LogP contribution in [0, 0.1) is 0 Å². The summed E-state index contributed by atoms with van der Waals surface area (Å²) in [6.07, 6.45) is 6.59. The minimum absolute atomic E-state index is 0.926. The van der Waals surface area contributed by atoms with Crippen molar-refractivity contribution in [3.05, 3.63) is 49.1 Å². The molecule has 0 bridgehead atoms. The maximum Gasteiger partial charge on any atom is -0.0313 e. The van der Waals surface area contributed by atoms with Crippen molar-refractivity contribution in [3.8, 4) is 0 Å². The van der Waals surface area contributed by atoms with Crippen molar-refractivity contribution in [2.45, 2.75) is 13.3 Å². The molecule has 54 valence electrons. The molecule has 0 nitrogen and oxygen atoms in total. The second-order valence-electron chi connectivity index (χ2n) is 2.12. The quantitative estimate of drug-likeness (QED) is 0.518. The number of hydrogen-bond acceptors (Lipinski definition) is 0. The molecule has 0 amide bonds. The van der Waals surface area contributed by atoms with Crippen LogP contribution in [0.25, 0.3) is 0 Å². The van der Waals surface area contributed by atoms with Crippen molar-refractivity contribution < 1.29 is 0 Å². The number of hydrogen-bond donors (Lipinski definition) is 0. The van der Waals surface area contributed by atoms with Crippen molar-refractivity contribution in [3.63, 3.8) is 0 Å². The molecule has 0 aliphatic rings. The molecule has 0 spiro atoms. The first-order chi connectivity index (χ1) is 4.70. The largest absolute Gasteiger partial charge is 0.0985 e. The summed E-state index contributed by atoms with van der Waals surface area (Å²) in [6, 6.07) is 0. The van der Waals surface area contributed by atoms with Gasteiger partial charge in [0.1, 0.15) is 0 Å². The average molecular weight is 134 g/mol. The fourth-order valence-corrected chi connectivity index (χ4v) is 0.411. The Bertz CT molecular complexity index is 170. The topological polar surface area (TPSA) is 0 Å². The van der Waals surface area contributed by atoms with E-state index in [0.717, 1.165) is 17.6 Å². The molecule has 0 N–H and O–H groups in total. The summed E-state index contributed by atoms with van der Waals surface area (Å²) >= 11 is 0. The van der Waals surface area contributed by atoms with Gasteiger partial charge in [-0.1, -0.05) is 50.5 Å². The molecule has 0 aliphatic heterocycles. The van der Waals surface area contributed by atoms with Crippen molar-refractivity contribution in [1.29, 1.82) is 0 Å². The molecule has 0 heteroatoms. The molecule has 0 saturated heterocycles.